The molecule has 0 spiro atoms. The number of nitrogens with one attached hydrogen (secondary N) is 1. The van der Waals surface area contributed by atoms with Crippen molar-refractivity contribution in [1.29, 1.82) is 0 Å². The number of anilines is 1. The van der Waals surface area contributed by atoms with Gasteiger partial charge in [-0.15, -0.1) is 0 Å². The summed E-state index contributed by atoms with van der Waals surface area (Å²) in [5, 5.41) is 2.96. The van der Waals surface area contributed by atoms with Crippen LogP contribution >= 0.6 is 0 Å². The second-order valence-corrected chi connectivity index (χ2v) is 9.76. The molecule has 0 saturated heterocycles. The van der Waals surface area contributed by atoms with Gasteiger partial charge in [0.15, 0.2) is 0 Å². The van der Waals surface area contributed by atoms with Crippen LogP contribution in [0.1, 0.15) is 52.0 Å². The van der Waals surface area contributed by atoms with E-state index in [1.165, 1.54) is 4.31 Å². The molecule has 1 aliphatic heterocycles. The molecule has 1 aliphatic rings. The Kier molecular flexibility index (Phi) is 7.19. The number of aryl methyl sites for hydroxylation is 1. The van der Waals surface area contributed by atoms with Crippen LogP contribution in [-0.4, -0.2) is 27.4 Å². The molecule has 0 bridgehead atoms. The van der Waals surface area contributed by atoms with Crippen molar-refractivity contribution in [2.75, 3.05) is 17.4 Å². The Morgan fingerprint density at radius 1 is 1.07 bits per heavy atom. The van der Waals surface area contributed by atoms with Crippen molar-refractivity contribution in [2.45, 2.75) is 57.8 Å². The molecule has 5 nitrogen and oxygen atoms in total. The Labute approximate surface area is 180 Å². The average molecular weight is 429 g/mol. The fourth-order valence-electron chi connectivity index (χ4n) is 3.96. The van der Waals surface area contributed by atoms with E-state index in [0.717, 1.165) is 43.2 Å². The highest BCUT2D eigenvalue weighted by Gasteiger charge is 2.35. The molecule has 1 amide bonds. The molecule has 1 atom stereocenters. The van der Waals surface area contributed by atoms with Crippen molar-refractivity contribution in [3.05, 3.63) is 48.0 Å². The highest BCUT2D eigenvalue weighted by atomic mass is 32.2. The lowest BCUT2D eigenvalue weighted by atomic mass is 9.99. The zero-order valence-corrected chi connectivity index (χ0v) is 19.0. The predicted molar refractivity (Wildman–Crippen MR) is 122 cm³/mol. The lowest BCUT2D eigenvalue weighted by Gasteiger charge is -2.32. The molecule has 6 heteroatoms. The van der Waals surface area contributed by atoms with E-state index < -0.39 is 10.0 Å². The average Bonchev–Trinajstić information content (AvgIpc) is 2.76. The van der Waals surface area contributed by atoms with Gasteiger partial charge in [-0.3, -0.25) is 9.10 Å². The molecular weight excluding hydrogens is 396 g/mol. The van der Waals surface area contributed by atoms with Crippen molar-refractivity contribution in [2.24, 2.45) is 5.92 Å². The van der Waals surface area contributed by atoms with Crippen LogP contribution in [0, 0.1) is 5.92 Å². The molecule has 1 N–H and O–H groups in total. The Balaban J connectivity index is 1.87. The van der Waals surface area contributed by atoms with E-state index in [9.17, 15) is 13.2 Å². The molecular formula is C24H32N2O3S. The van der Waals surface area contributed by atoms with Gasteiger partial charge in [0.05, 0.1) is 10.6 Å². The van der Waals surface area contributed by atoms with Crippen molar-refractivity contribution in [1.82, 2.24) is 5.32 Å². The monoisotopic (exact) mass is 428 g/mol. The lowest BCUT2D eigenvalue weighted by Crippen LogP contribution is -2.43. The van der Waals surface area contributed by atoms with E-state index in [1.54, 1.807) is 12.1 Å². The van der Waals surface area contributed by atoms with Gasteiger partial charge in [0.1, 0.15) is 6.54 Å². The van der Waals surface area contributed by atoms with Crippen LogP contribution in [0.15, 0.2) is 47.4 Å². The van der Waals surface area contributed by atoms with E-state index in [4.69, 9.17) is 0 Å². The van der Waals surface area contributed by atoms with E-state index >= 15 is 0 Å². The predicted octanol–water partition coefficient (Wildman–Crippen LogP) is 4.76. The molecule has 0 radical (unpaired) electrons. The molecule has 2 aromatic rings. The van der Waals surface area contributed by atoms with Gasteiger partial charge < -0.3 is 5.32 Å². The molecule has 30 heavy (non-hydrogen) atoms. The number of rotatable bonds is 9. The van der Waals surface area contributed by atoms with Gasteiger partial charge >= 0.3 is 0 Å². The lowest BCUT2D eigenvalue weighted by molar-refractivity contribution is -0.119. The van der Waals surface area contributed by atoms with Gasteiger partial charge in [-0.05, 0) is 42.5 Å². The summed E-state index contributed by atoms with van der Waals surface area (Å²) in [5.74, 6) is 0.158. The summed E-state index contributed by atoms with van der Waals surface area (Å²) < 4.78 is 27.9. The van der Waals surface area contributed by atoms with Crippen LogP contribution in [0.3, 0.4) is 0 Å². The van der Waals surface area contributed by atoms with Gasteiger partial charge in [0.25, 0.3) is 10.0 Å². The van der Waals surface area contributed by atoms with Crippen LogP contribution in [0.5, 0.6) is 0 Å². The van der Waals surface area contributed by atoms with E-state index in [-0.39, 0.29) is 17.3 Å². The fraction of sp³-hybridized carbons (Fsp3) is 0.458. The summed E-state index contributed by atoms with van der Waals surface area (Å²) in [6.45, 7) is 6.73. The largest absolute Gasteiger partial charge is 0.354 e. The fourth-order valence-corrected chi connectivity index (χ4v) is 5.61. The molecule has 2 aromatic carbocycles. The molecule has 0 saturated carbocycles. The van der Waals surface area contributed by atoms with Gasteiger partial charge in [-0.25, -0.2) is 8.42 Å². The molecule has 0 aromatic heterocycles. The van der Waals surface area contributed by atoms with E-state index in [1.807, 2.05) is 30.3 Å². The number of sulfonamides is 1. The summed E-state index contributed by atoms with van der Waals surface area (Å²) in [6.07, 6.45) is 5.20. The van der Waals surface area contributed by atoms with Crippen LogP contribution in [0.2, 0.25) is 0 Å². The van der Waals surface area contributed by atoms with Gasteiger partial charge in [-0.2, -0.15) is 0 Å². The zero-order chi connectivity index (χ0) is 21.7. The number of carbonyl (C=O) groups excluding carboxylic acids is 1. The maximum atomic E-state index is 13.3. The SMILES string of the molecule is CCCCC(CC)CNC(=O)CN1c2ccc(CC)cc2-c2ccccc2S1(=O)=O. The summed E-state index contributed by atoms with van der Waals surface area (Å²) >= 11 is 0. The third-order valence-corrected chi connectivity index (χ3v) is 7.72. The zero-order valence-electron chi connectivity index (χ0n) is 18.1. The highest BCUT2D eigenvalue weighted by Crippen LogP contribution is 2.43. The van der Waals surface area contributed by atoms with Crippen LogP contribution in [0.25, 0.3) is 11.1 Å². The maximum Gasteiger partial charge on any atom is 0.265 e. The Morgan fingerprint density at radius 2 is 1.83 bits per heavy atom. The van der Waals surface area contributed by atoms with Crippen molar-refractivity contribution < 1.29 is 13.2 Å². The topological polar surface area (TPSA) is 66.5 Å². The Morgan fingerprint density at radius 3 is 2.53 bits per heavy atom. The van der Waals surface area contributed by atoms with Gasteiger partial charge in [0, 0.05) is 17.7 Å². The number of benzene rings is 2. The molecule has 1 heterocycles. The van der Waals surface area contributed by atoms with Crippen LogP contribution in [0.4, 0.5) is 5.69 Å². The Hall–Kier alpha value is -2.34. The van der Waals surface area contributed by atoms with Crippen molar-refractivity contribution in [3.63, 3.8) is 0 Å². The minimum atomic E-state index is -3.80. The number of hydrogen-bond acceptors (Lipinski definition) is 3. The first-order valence-corrected chi connectivity index (χ1v) is 12.4. The first kappa shape index (κ1) is 22.3. The smallest absolute Gasteiger partial charge is 0.265 e. The normalized spacial score (nSPS) is 15.2. The first-order valence-electron chi connectivity index (χ1n) is 10.9. The second kappa shape index (κ2) is 9.65. The third-order valence-electron chi connectivity index (χ3n) is 5.90. The standard InChI is InChI=1S/C24H32N2O3S/c1-4-7-10-19(6-3)16-25-24(27)17-26-22-14-13-18(5-2)15-21(22)20-11-8-9-12-23(20)30(26,28)29/h8-9,11-15,19H,4-7,10,16-17H2,1-3H3,(H,25,27). The first-order chi connectivity index (χ1) is 14.4. The van der Waals surface area contributed by atoms with Crippen LogP contribution in [-0.2, 0) is 21.2 Å². The minimum absolute atomic E-state index is 0.209. The number of fused-ring (bicyclic) bond motifs is 3. The van der Waals surface area contributed by atoms with E-state index in [2.05, 4.69) is 26.1 Å². The number of unbranched alkanes of at least 4 members (excludes halogenated alkanes) is 1. The quantitative estimate of drug-likeness (QED) is 0.626. The van der Waals surface area contributed by atoms with Crippen molar-refractivity contribution >= 4 is 21.6 Å². The van der Waals surface area contributed by atoms with Crippen LogP contribution < -0.4 is 9.62 Å². The molecule has 0 fully saturated rings. The molecule has 0 aliphatic carbocycles. The third kappa shape index (κ3) is 4.53. The maximum absolute atomic E-state index is 13.3. The number of carbonyl (C=O) groups is 1. The molecule has 1 unspecified atom stereocenters. The van der Waals surface area contributed by atoms with Gasteiger partial charge in [0.2, 0.25) is 5.91 Å². The number of hydrogen-bond donors (Lipinski definition) is 1. The summed E-state index contributed by atoms with van der Waals surface area (Å²) in [7, 11) is -3.80. The highest BCUT2D eigenvalue weighted by molar-refractivity contribution is 7.93. The van der Waals surface area contributed by atoms with Gasteiger partial charge in [-0.1, -0.05) is 64.3 Å². The molecule has 162 valence electrons. The summed E-state index contributed by atoms with van der Waals surface area (Å²) in [5.41, 5.74) is 3.26. The van der Waals surface area contributed by atoms with Crippen molar-refractivity contribution in [3.8, 4) is 11.1 Å². The summed E-state index contributed by atoms with van der Waals surface area (Å²) in [6, 6.07) is 12.8. The number of amides is 1. The second-order valence-electron chi connectivity index (χ2n) is 7.93. The summed E-state index contributed by atoms with van der Waals surface area (Å²) in [4.78, 5) is 13.0. The Bertz CT molecular complexity index is 1000. The minimum Gasteiger partial charge on any atom is -0.354 e. The van der Waals surface area contributed by atoms with E-state index in [0.29, 0.717) is 23.7 Å². The molecule has 3 rings (SSSR count). The number of nitrogens with zero attached hydrogens (tertiary/aromatic N) is 1.